The molecule has 1 fully saturated rings. The fourth-order valence-electron chi connectivity index (χ4n) is 4.56. The summed E-state index contributed by atoms with van der Waals surface area (Å²) in [5, 5.41) is 0. The second-order valence-corrected chi connectivity index (χ2v) is 9.34. The van der Waals surface area contributed by atoms with E-state index in [1.807, 2.05) is 84.9 Å². The molecule has 2 N–H and O–H groups in total. The van der Waals surface area contributed by atoms with Crippen LogP contribution in [0, 0.1) is 0 Å². The molecular weight excluding hydrogens is 492 g/mol. The van der Waals surface area contributed by atoms with Crippen molar-refractivity contribution in [1.29, 1.82) is 0 Å². The lowest BCUT2D eigenvalue weighted by Gasteiger charge is -2.40. The van der Waals surface area contributed by atoms with Gasteiger partial charge in [-0.15, -0.1) is 0 Å². The maximum atomic E-state index is 13.2. The molecule has 198 valence electrons. The topological polar surface area (TPSA) is 91.1 Å². The third kappa shape index (κ3) is 5.94. The van der Waals surface area contributed by atoms with Crippen molar-refractivity contribution in [2.24, 2.45) is 5.73 Å². The monoisotopic (exact) mass is 522 g/mol. The van der Waals surface area contributed by atoms with Crippen LogP contribution in [0.5, 0.6) is 11.5 Å². The summed E-state index contributed by atoms with van der Waals surface area (Å²) in [6.07, 6.45) is -0.307. The van der Waals surface area contributed by atoms with Crippen molar-refractivity contribution in [1.82, 2.24) is 4.90 Å². The third-order valence-electron chi connectivity index (χ3n) is 6.72. The lowest BCUT2D eigenvalue weighted by molar-refractivity contribution is -0.163. The summed E-state index contributed by atoms with van der Waals surface area (Å²) in [5.41, 5.74) is 9.31. The maximum Gasteiger partial charge on any atom is 0.333 e. The summed E-state index contributed by atoms with van der Waals surface area (Å²) in [6, 6.07) is 32.9. The molecule has 4 aromatic carbocycles. The van der Waals surface area contributed by atoms with E-state index in [2.05, 4.69) is 0 Å². The number of ether oxygens (including phenoxy) is 3. The Morgan fingerprint density at radius 3 is 1.90 bits per heavy atom. The number of rotatable bonds is 10. The van der Waals surface area contributed by atoms with Crippen molar-refractivity contribution in [3.63, 3.8) is 0 Å². The minimum Gasteiger partial charge on any atom is -0.497 e. The van der Waals surface area contributed by atoms with E-state index in [0.717, 1.165) is 16.7 Å². The van der Waals surface area contributed by atoms with Gasteiger partial charge in [-0.1, -0.05) is 84.9 Å². The van der Waals surface area contributed by atoms with Crippen molar-refractivity contribution < 1.29 is 23.8 Å². The van der Waals surface area contributed by atoms with Gasteiger partial charge in [0.25, 0.3) is 0 Å². The SMILES string of the molecule is COc1ccc(COC(=O)C(c2ccc(OC(c3ccccc3)c3ccccc3)cc2)N2C[C@H](N)C2=O)cc1. The van der Waals surface area contributed by atoms with Crippen molar-refractivity contribution in [3.05, 3.63) is 131 Å². The first-order valence-electron chi connectivity index (χ1n) is 12.8. The fourth-order valence-corrected chi connectivity index (χ4v) is 4.56. The molecule has 1 aliphatic heterocycles. The number of nitrogens with two attached hydrogens (primary N) is 1. The number of carbonyl (C=O) groups excluding carboxylic acids is 2. The van der Waals surface area contributed by atoms with Crippen LogP contribution < -0.4 is 15.2 Å². The van der Waals surface area contributed by atoms with Crippen LogP contribution in [0.3, 0.4) is 0 Å². The Bertz CT molecular complexity index is 1350. The van der Waals surface area contributed by atoms with Crippen LogP contribution in [0.25, 0.3) is 0 Å². The first-order chi connectivity index (χ1) is 19.0. The third-order valence-corrected chi connectivity index (χ3v) is 6.72. The van der Waals surface area contributed by atoms with Gasteiger partial charge in [0.2, 0.25) is 5.91 Å². The van der Waals surface area contributed by atoms with Crippen molar-refractivity contribution in [2.75, 3.05) is 13.7 Å². The number of amides is 1. The summed E-state index contributed by atoms with van der Waals surface area (Å²) < 4.78 is 17.2. The number of esters is 1. The first-order valence-corrected chi connectivity index (χ1v) is 12.8. The Morgan fingerprint density at radius 1 is 0.821 bits per heavy atom. The Hall–Kier alpha value is -4.62. The van der Waals surface area contributed by atoms with Crippen molar-refractivity contribution >= 4 is 11.9 Å². The normalized spacial score (nSPS) is 15.4. The molecule has 4 aromatic rings. The number of hydrogen-bond donors (Lipinski definition) is 1. The molecule has 0 aromatic heterocycles. The number of methoxy groups -OCH3 is 1. The molecule has 1 unspecified atom stereocenters. The van der Waals surface area contributed by atoms with E-state index in [9.17, 15) is 9.59 Å². The molecule has 1 amide bonds. The lowest BCUT2D eigenvalue weighted by atomic mass is 9.98. The van der Waals surface area contributed by atoms with E-state index in [4.69, 9.17) is 19.9 Å². The molecule has 2 atom stereocenters. The Balaban J connectivity index is 1.34. The standard InChI is InChI=1S/C32H30N2O5/c1-37-26-16-12-22(13-17-26)21-38-32(36)29(34-20-28(33)31(34)35)23-14-18-27(19-15-23)39-30(24-8-4-2-5-9-24)25-10-6-3-7-11-25/h2-19,28-30H,20-21,33H2,1H3/t28-,29?/m0/s1. The van der Waals surface area contributed by atoms with Crippen LogP contribution in [0.4, 0.5) is 0 Å². The smallest absolute Gasteiger partial charge is 0.333 e. The highest BCUT2D eigenvalue weighted by Crippen LogP contribution is 2.32. The molecule has 1 heterocycles. The highest BCUT2D eigenvalue weighted by Gasteiger charge is 2.43. The van der Waals surface area contributed by atoms with Crippen LogP contribution in [0.2, 0.25) is 0 Å². The van der Waals surface area contributed by atoms with Crippen LogP contribution in [0.15, 0.2) is 109 Å². The molecule has 0 bridgehead atoms. The molecule has 0 aliphatic carbocycles. The molecule has 7 nitrogen and oxygen atoms in total. The van der Waals surface area contributed by atoms with E-state index in [-0.39, 0.29) is 25.2 Å². The molecule has 1 aliphatic rings. The van der Waals surface area contributed by atoms with Gasteiger partial charge in [0.15, 0.2) is 6.04 Å². The molecule has 0 saturated carbocycles. The molecule has 39 heavy (non-hydrogen) atoms. The maximum absolute atomic E-state index is 13.2. The van der Waals surface area contributed by atoms with E-state index in [1.54, 1.807) is 31.4 Å². The van der Waals surface area contributed by atoms with Gasteiger partial charge >= 0.3 is 5.97 Å². The average molecular weight is 523 g/mol. The minimum absolute atomic E-state index is 0.0738. The number of likely N-dealkylation sites (tertiary alicyclic amines) is 1. The highest BCUT2D eigenvalue weighted by atomic mass is 16.5. The second-order valence-electron chi connectivity index (χ2n) is 9.34. The zero-order valence-electron chi connectivity index (χ0n) is 21.6. The van der Waals surface area contributed by atoms with Gasteiger partial charge < -0.3 is 24.8 Å². The second kappa shape index (κ2) is 11.8. The van der Waals surface area contributed by atoms with Crippen LogP contribution in [-0.4, -0.2) is 36.5 Å². The summed E-state index contributed by atoms with van der Waals surface area (Å²) in [6.45, 7) is 0.355. The molecule has 0 radical (unpaired) electrons. The van der Waals surface area contributed by atoms with Gasteiger partial charge in [-0.2, -0.15) is 0 Å². The van der Waals surface area contributed by atoms with E-state index < -0.39 is 18.1 Å². The summed E-state index contributed by atoms with van der Waals surface area (Å²) in [5.74, 6) is 0.543. The van der Waals surface area contributed by atoms with Gasteiger partial charge in [-0.05, 0) is 46.5 Å². The molecule has 7 heteroatoms. The number of β-lactam (4-membered cyclic amide) rings is 1. The average Bonchev–Trinajstić information content (AvgIpc) is 3.00. The molecular formula is C32H30N2O5. The predicted molar refractivity (Wildman–Crippen MR) is 147 cm³/mol. The number of carbonyl (C=O) groups is 2. The van der Waals surface area contributed by atoms with Crippen molar-refractivity contribution in [3.8, 4) is 11.5 Å². The first kappa shape index (κ1) is 26.0. The zero-order chi connectivity index (χ0) is 27.2. The van der Waals surface area contributed by atoms with Gasteiger partial charge in [0, 0.05) is 6.54 Å². The summed E-state index contributed by atoms with van der Waals surface area (Å²) in [4.78, 5) is 27.2. The van der Waals surface area contributed by atoms with E-state index >= 15 is 0 Å². The fraction of sp³-hybridized carbons (Fsp3) is 0.188. The van der Waals surface area contributed by atoms with Crippen molar-refractivity contribution in [2.45, 2.75) is 24.8 Å². The van der Waals surface area contributed by atoms with Gasteiger partial charge in [0.1, 0.15) is 30.3 Å². The van der Waals surface area contributed by atoms with Gasteiger partial charge in [-0.3, -0.25) is 4.79 Å². The van der Waals surface area contributed by atoms with Crippen LogP contribution in [-0.2, 0) is 20.9 Å². The molecule has 1 saturated heterocycles. The zero-order valence-corrected chi connectivity index (χ0v) is 21.6. The minimum atomic E-state index is -0.899. The largest absolute Gasteiger partial charge is 0.497 e. The summed E-state index contributed by atoms with van der Waals surface area (Å²) in [7, 11) is 1.59. The van der Waals surface area contributed by atoms with E-state index in [1.165, 1.54) is 4.90 Å². The number of benzene rings is 4. The van der Waals surface area contributed by atoms with E-state index in [0.29, 0.717) is 17.1 Å². The Labute approximate surface area is 227 Å². The summed E-state index contributed by atoms with van der Waals surface area (Å²) >= 11 is 0. The van der Waals surface area contributed by atoms with Crippen LogP contribution in [0.1, 0.15) is 34.4 Å². The Morgan fingerprint density at radius 2 is 1.38 bits per heavy atom. The highest BCUT2D eigenvalue weighted by molar-refractivity contribution is 5.92. The van der Waals surface area contributed by atoms with Gasteiger partial charge in [-0.25, -0.2) is 4.79 Å². The molecule has 5 rings (SSSR count). The lowest BCUT2D eigenvalue weighted by Crippen LogP contribution is -2.62. The van der Waals surface area contributed by atoms with Crippen LogP contribution >= 0.6 is 0 Å². The predicted octanol–water partition coefficient (Wildman–Crippen LogP) is 4.82. The molecule has 0 spiro atoms. The number of hydrogen-bond acceptors (Lipinski definition) is 6. The number of nitrogens with zero attached hydrogens (tertiary/aromatic N) is 1. The van der Waals surface area contributed by atoms with Gasteiger partial charge in [0.05, 0.1) is 7.11 Å². The quantitative estimate of drug-likeness (QED) is 0.237. The Kier molecular flexibility index (Phi) is 7.89.